The van der Waals surface area contributed by atoms with Gasteiger partial charge in [0.25, 0.3) is 11.6 Å². The molecule has 0 spiro atoms. The molecule has 0 aromatic heterocycles. The molecule has 0 bridgehead atoms. The maximum Gasteiger partial charge on any atom is 0.416 e. The Morgan fingerprint density at radius 2 is 1.78 bits per heavy atom. The van der Waals surface area contributed by atoms with Crippen molar-refractivity contribution in [2.75, 3.05) is 13.7 Å². The molecule has 1 unspecified atom stereocenters. The number of benzene rings is 3. The summed E-state index contributed by atoms with van der Waals surface area (Å²) in [4.78, 5) is 26.2. The van der Waals surface area contributed by atoms with Crippen molar-refractivity contribution in [1.82, 2.24) is 4.90 Å². The number of hydrogen-bond acceptors (Lipinski definition) is 5. The van der Waals surface area contributed by atoms with E-state index in [1.54, 1.807) is 0 Å². The van der Waals surface area contributed by atoms with Crippen LogP contribution in [0.4, 0.5) is 18.9 Å². The smallest absolute Gasteiger partial charge is 0.416 e. The lowest BCUT2D eigenvalue weighted by molar-refractivity contribution is -0.385. The van der Waals surface area contributed by atoms with Crippen molar-refractivity contribution >= 4 is 11.6 Å². The number of methoxy groups -OCH3 is 1. The molecule has 36 heavy (non-hydrogen) atoms. The second-order valence-corrected chi connectivity index (χ2v) is 8.33. The quantitative estimate of drug-likeness (QED) is 0.286. The van der Waals surface area contributed by atoms with Gasteiger partial charge in [0.15, 0.2) is 11.5 Å². The van der Waals surface area contributed by atoms with Crippen molar-refractivity contribution < 1.29 is 32.4 Å². The molecule has 3 aromatic rings. The molecule has 1 aliphatic heterocycles. The highest BCUT2D eigenvalue weighted by atomic mass is 19.4. The zero-order chi connectivity index (χ0) is 25.9. The van der Waals surface area contributed by atoms with Crippen LogP contribution < -0.4 is 9.47 Å². The first-order valence-corrected chi connectivity index (χ1v) is 11.2. The summed E-state index contributed by atoms with van der Waals surface area (Å²) in [6, 6.07) is 15.8. The van der Waals surface area contributed by atoms with Crippen LogP contribution in [0.15, 0.2) is 66.7 Å². The fraction of sp³-hybridized carbons (Fsp3) is 0.269. The molecule has 0 saturated carbocycles. The molecule has 1 amide bonds. The van der Waals surface area contributed by atoms with Gasteiger partial charge in [-0.25, -0.2) is 0 Å². The first-order chi connectivity index (χ1) is 17.2. The third-order valence-corrected chi connectivity index (χ3v) is 6.08. The number of nitro benzene ring substituents is 1. The number of alkyl halides is 3. The molecule has 3 aromatic carbocycles. The van der Waals surface area contributed by atoms with Crippen molar-refractivity contribution in [1.29, 1.82) is 0 Å². The summed E-state index contributed by atoms with van der Waals surface area (Å²) >= 11 is 0. The van der Waals surface area contributed by atoms with Gasteiger partial charge in [0, 0.05) is 12.6 Å². The Hall–Kier alpha value is -4.08. The number of likely N-dealkylation sites (tertiary alicyclic amines) is 1. The highest BCUT2D eigenvalue weighted by molar-refractivity contribution is 5.99. The first kappa shape index (κ1) is 25.0. The Bertz CT molecular complexity index is 1250. The van der Waals surface area contributed by atoms with Crippen LogP contribution >= 0.6 is 0 Å². The minimum absolute atomic E-state index is 0.116. The molecular weight excluding hydrogens is 477 g/mol. The topological polar surface area (TPSA) is 81.9 Å². The Labute approximate surface area is 205 Å². The van der Waals surface area contributed by atoms with Gasteiger partial charge in [0.1, 0.15) is 12.2 Å². The van der Waals surface area contributed by atoms with E-state index in [2.05, 4.69) is 0 Å². The molecule has 1 fully saturated rings. The van der Waals surface area contributed by atoms with Gasteiger partial charge in [-0.15, -0.1) is 0 Å². The summed E-state index contributed by atoms with van der Waals surface area (Å²) in [7, 11) is 1.37. The van der Waals surface area contributed by atoms with Crippen molar-refractivity contribution in [3.8, 4) is 11.5 Å². The number of rotatable bonds is 7. The second kappa shape index (κ2) is 10.3. The number of ether oxygens (including phenoxy) is 2. The fourth-order valence-electron chi connectivity index (χ4n) is 4.28. The number of hydrogen-bond donors (Lipinski definition) is 0. The molecule has 1 heterocycles. The molecule has 0 aliphatic carbocycles. The van der Waals surface area contributed by atoms with Crippen LogP contribution in [-0.2, 0) is 12.8 Å². The lowest BCUT2D eigenvalue weighted by atomic mass is 10.0. The van der Waals surface area contributed by atoms with E-state index in [9.17, 15) is 28.1 Å². The molecule has 1 atom stereocenters. The van der Waals surface area contributed by atoms with Gasteiger partial charge in [-0.1, -0.05) is 42.5 Å². The Balaban J connectivity index is 1.63. The molecule has 10 heteroatoms. The SMILES string of the molecule is COc1cc(C(=O)N2CCCC2c2ccc(C(F)(F)F)cc2)c([N+](=O)[O-])cc1OCc1ccccc1. The van der Waals surface area contributed by atoms with Gasteiger partial charge in [-0.3, -0.25) is 14.9 Å². The van der Waals surface area contributed by atoms with E-state index in [0.29, 0.717) is 24.9 Å². The van der Waals surface area contributed by atoms with E-state index in [-0.39, 0.29) is 23.7 Å². The zero-order valence-electron chi connectivity index (χ0n) is 19.3. The maximum atomic E-state index is 13.5. The molecule has 1 saturated heterocycles. The Morgan fingerprint density at radius 1 is 1.08 bits per heavy atom. The van der Waals surface area contributed by atoms with Crippen LogP contribution in [0, 0.1) is 10.1 Å². The summed E-state index contributed by atoms with van der Waals surface area (Å²) < 4.78 is 49.9. The van der Waals surface area contributed by atoms with Crippen LogP contribution in [-0.4, -0.2) is 29.4 Å². The predicted octanol–water partition coefficient (Wildman–Crippen LogP) is 6.18. The van der Waals surface area contributed by atoms with Crippen LogP contribution in [0.3, 0.4) is 0 Å². The maximum absolute atomic E-state index is 13.5. The van der Waals surface area contributed by atoms with Gasteiger partial charge in [-0.2, -0.15) is 13.2 Å². The zero-order valence-corrected chi connectivity index (χ0v) is 19.3. The van der Waals surface area contributed by atoms with E-state index in [0.717, 1.165) is 23.8 Å². The average molecular weight is 500 g/mol. The molecule has 7 nitrogen and oxygen atoms in total. The van der Waals surface area contributed by atoms with Crippen molar-refractivity contribution in [2.45, 2.75) is 31.7 Å². The second-order valence-electron chi connectivity index (χ2n) is 8.33. The van der Waals surface area contributed by atoms with E-state index < -0.39 is 34.3 Å². The summed E-state index contributed by atoms with van der Waals surface area (Å²) in [5.41, 5.74) is -0.0247. The van der Waals surface area contributed by atoms with Gasteiger partial charge in [-0.05, 0) is 36.1 Å². The number of nitro groups is 1. The summed E-state index contributed by atoms with van der Waals surface area (Å²) in [5, 5.41) is 11.9. The molecule has 1 aliphatic rings. The highest BCUT2D eigenvalue weighted by Crippen LogP contribution is 2.40. The highest BCUT2D eigenvalue weighted by Gasteiger charge is 2.36. The number of nitrogens with zero attached hydrogens (tertiary/aromatic N) is 2. The van der Waals surface area contributed by atoms with Crippen molar-refractivity contribution in [2.24, 2.45) is 0 Å². The minimum Gasteiger partial charge on any atom is -0.493 e. The third-order valence-electron chi connectivity index (χ3n) is 6.08. The number of carbonyl (C=O) groups excluding carboxylic acids is 1. The Morgan fingerprint density at radius 3 is 2.39 bits per heavy atom. The van der Waals surface area contributed by atoms with E-state index in [4.69, 9.17) is 9.47 Å². The number of amides is 1. The lowest BCUT2D eigenvalue weighted by Crippen LogP contribution is -2.31. The number of carbonyl (C=O) groups is 1. The first-order valence-electron chi connectivity index (χ1n) is 11.2. The van der Waals surface area contributed by atoms with Crippen LogP contribution in [0.5, 0.6) is 11.5 Å². The van der Waals surface area contributed by atoms with E-state index >= 15 is 0 Å². The van der Waals surface area contributed by atoms with Gasteiger partial charge < -0.3 is 14.4 Å². The molecule has 0 N–H and O–H groups in total. The van der Waals surface area contributed by atoms with E-state index in [1.807, 2.05) is 30.3 Å². The van der Waals surface area contributed by atoms with Gasteiger partial charge in [0.2, 0.25) is 0 Å². The van der Waals surface area contributed by atoms with Gasteiger partial charge in [0.05, 0.1) is 29.7 Å². The van der Waals surface area contributed by atoms with Crippen LogP contribution in [0.1, 0.15) is 45.9 Å². The molecule has 0 radical (unpaired) electrons. The Kier molecular flexibility index (Phi) is 7.14. The fourth-order valence-corrected chi connectivity index (χ4v) is 4.28. The predicted molar refractivity (Wildman–Crippen MR) is 125 cm³/mol. The number of halogens is 3. The lowest BCUT2D eigenvalue weighted by Gasteiger charge is -2.26. The standard InChI is InChI=1S/C26H23F3N2O5/c1-35-23-14-20(22(31(33)34)15-24(23)36-16-17-6-3-2-4-7-17)25(32)30-13-5-8-21(30)18-9-11-19(12-10-18)26(27,28)29/h2-4,6-7,9-12,14-15,21H,5,8,13,16H2,1H3. The summed E-state index contributed by atoms with van der Waals surface area (Å²) in [6.07, 6.45) is -3.33. The monoisotopic (exact) mass is 500 g/mol. The normalized spacial score (nSPS) is 15.6. The average Bonchev–Trinajstić information content (AvgIpc) is 3.36. The molecule has 188 valence electrons. The minimum atomic E-state index is -4.47. The molecular formula is C26H23F3N2O5. The van der Waals surface area contributed by atoms with E-state index in [1.165, 1.54) is 30.2 Å². The summed E-state index contributed by atoms with van der Waals surface area (Å²) in [5.74, 6) is -0.326. The largest absolute Gasteiger partial charge is 0.493 e. The van der Waals surface area contributed by atoms with Crippen LogP contribution in [0.25, 0.3) is 0 Å². The van der Waals surface area contributed by atoms with Crippen LogP contribution in [0.2, 0.25) is 0 Å². The van der Waals surface area contributed by atoms with Crippen molar-refractivity contribution in [3.63, 3.8) is 0 Å². The van der Waals surface area contributed by atoms with Gasteiger partial charge >= 0.3 is 6.18 Å². The molecule has 4 rings (SSSR count). The van der Waals surface area contributed by atoms with Crippen molar-refractivity contribution in [3.05, 3.63) is 99.1 Å². The summed E-state index contributed by atoms with van der Waals surface area (Å²) in [6.45, 7) is 0.458. The third kappa shape index (κ3) is 5.27.